The van der Waals surface area contributed by atoms with Crippen molar-refractivity contribution < 1.29 is 19.5 Å². The van der Waals surface area contributed by atoms with Crippen LogP contribution in [-0.4, -0.2) is 46.9 Å². The van der Waals surface area contributed by atoms with Crippen LogP contribution < -0.4 is 4.90 Å². The summed E-state index contributed by atoms with van der Waals surface area (Å²) in [6.07, 6.45) is 4.32. The number of hydrogen-bond acceptors (Lipinski definition) is 3. The van der Waals surface area contributed by atoms with Gasteiger partial charge in [0.05, 0.1) is 0 Å². The quantitative estimate of drug-likeness (QED) is 0.896. The first-order valence-corrected chi connectivity index (χ1v) is 9.47. The number of nitrogens with zero attached hydrogens (tertiary/aromatic N) is 2. The molecule has 2 aliphatic heterocycles. The number of anilines is 1. The van der Waals surface area contributed by atoms with Gasteiger partial charge in [0.1, 0.15) is 6.04 Å². The smallest absolute Gasteiger partial charge is 0.326 e. The van der Waals surface area contributed by atoms with Crippen molar-refractivity contribution in [1.29, 1.82) is 0 Å². The largest absolute Gasteiger partial charge is 0.480 e. The van der Waals surface area contributed by atoms with Crippen LogP contribution in [0.5, 0.6) is 0 Å². The van der Waals surface area contributed by atoms with Crippen molar-refractivity contribution in [2.45, 2.75) is 44.6 Å². The Balaban J connectivity index is 1.46. The molecule has 2 fully saturated rings. The standard InChI is InChI=1S/C20H24N2O4/c23-17-9-8-13-4-1-2-7-16(13)21(17)11-10-18(24)22-12-14-5-3-6-15(14)19(22)20(25)26/h1-2,4,7,14-15,19H,3,5-6,8-12H2,(H,25,26). The number of benzene rings is 1. The van der Waals surface area contributed by atoms with Gasteiger partial charge in [-0.2, -0.15) is 0 Å². The molecule has 0 spiro atoms. The van der Waals surface area contributed by atoms with Crippen LogP contribution in [0.1, 0.15) is 37.7 Å². The van der Waals surface area contributed by atoms with Crippen molar-refractivity contribution in [3.63, 3.8) is 0 Å². The lowest BCUT2D eigenvalue weighted by molar-refractivity contribution is -0.149. The summed E-state index contributed by atoms with van der Waals surface area (Å²) >= 11 is 0. The lowest BCUT2D eigenvalue weighted by atomic mass is 9.94. The van der Waals surface area contributed by atoms with E-state index in [2.05, 4.69) is 0 Å². The Bertz CT molecular complexity index is 747. The Morgan fingerprint density at radius 3 is 2.77 bits per heavy atom. The highest BCUT2D eigenvalue weighted by molar-refractivity contribution is 5.97. The van der Waals surface area contributed by atoms with E-state index in [1.165, 1.54) is 0 Å². The van der Waals surface area contributed by atoms with Crippen molar-refractivity contribution in [1.82, 2.24) is 4.90 Å². The van der Waals surface area contributed by atoms with Crippen LogP contribution in [0.25, 0.3) is 0 Å². The molecular formula is C20H24N2O4. The Morgan fingerprint density at radius 2 is 1.96 bits per heavy atom. The van der Waals surface area contributed by atoms with Gasteiger partial charge in [-0.15, -0.1) is 0 Å². The van der Waals surface area contributed by atoms with Gasteiger partial charge in [-0.25, -0.2) is 4.79 Å². The maximum Gasteiger partial charge on any atom is 0.326 e. The summed E-state index contributed by atoms with van der Waals surface area (Å²) in [4.78, 5) is 40.1. The fourth-order valence-electron chi connectivity index (χ4n) is 4.97. The molecule has 0 bridgehead atoms. The van der Waals surface area contributed by atoms with Crippen molar-refractivity contribution >= 4 is 23.5 Å². The van der Waals surface area contributed by atoms with Crippen molar-refractivity contribution in [2.75, 3.05) is 18.0 Å². The third-order valence-corrected chi connectivity index (χ3v) is 6.20. The van der Waals surface area contributed by atoms with E-state index in [-0.39, 0.29) is 24.2 Å². The molecule has 6 heteroatoms. The summed E-state index contributed by atoms with van der Waals surface area (Å²) in [6, 6.07) is 7.09. The number of fused-ring (bicyclic) bond motifs is 2. The Kier molecular flexibility index (Phi) is 4.42. The predicted molar refractivity (Wildman–Crippen MR) is 95.7 cm³/mol. The average molecular weight is 356 g/mol. The molecule has 1 aromatic carbocycles. The van der Waals surface area contributed by atoms with Gasteiger partial charge < -0.3 is 14.9 Å². The molecule has 0 aromatic heterocycles. The molecular weight excluding hydrogens is 332 g/mol. The van der Waals surface area contributed by atoms with E-state index in [9.17, 15) is 19.5 Å². The molecule has 3 aliphatic rings. The second kappa shape index (κ2) is 6.74. The van der Waals surface area contributed by atoms with Gasteiger partial charge in [0.25, 0.3) is 0 Å². The number of carboxylic acid groups (broad SMARTS) is 1. The molecule has 4 rings (SSSR count). The lowest BCUT2D eigenvalue weighted by Crippen LogP contribution is -2.45. The predicted octanol–water partition coefficient (Wildman–Crippen LogP) is 2.07. The molecule has 6 nitrogen and oxygen atoms in total. The summed E-state index contributed by atoms with van der Waals surface area (Å²) < 4.78 is 0. The van der Waals surface area contributed by atoms with Crippen LogP contribution in [-0.2, 0) is 20.8 Å². The minimum absolute atomic E-state index is 0.0320. The van der Waals surface area contributed by atoms with Crippen LogP contribution >= 0.6 is 0 Å². The number of likely N-dealkylation sites (tertiary alicyclic amines) is 1. The first-order chi connectivity index (χ1) is 12.6. The fraction of sp³-hybridized carbons (Fsp3) is 0.550. The topological polar surface area (TPSA) is 77.9 Å². The highest BCUT2D eigenvalue weighted by Crippen LogP contribution is 2.42. The van der Waals surface area contributed by atoms with Crippen LogP contribution in [0, 0.1) is 11.8 Å². The number of aryl methyl sites for hydroxylation is 1. The minimum Gasteiger partial charge on any atom is -0.480 e. The zero-order valence-corrected chi connectivity index (χ0v) is 14.8. The first-order valence-electron chi connectivity index (χ1n) is 9.47. The summed E-state index contributed by atoms with van der Waals surface area (Å²) in [7, 11) is 0. The van der Waals surface area contributed by atoms with Gasteiger partial charge in [-0.05, 0) is 42.7 Å². The SMILES string of the molecule is O=C(O)C1C2CCCC2CN1C(=O)CCN1C(=O)CCc2ccccc21. The number of carbonyl (C=O) groups is 3. The monoisotopic (exact) mass is 356 g/mol. The maximum atomic E-state index is 12.8. The van der Waals surface area contributed by atoms with Crippen molar-refractivity contribution in [2.24, 2.45) is 11.8 Å². The van der Waals surface area contributed by atoms with Crippen LogP contribution in [0.2, 0.25) is 0 Å². The Labute approximate surface area is 152 Å². The van der Waals surface area contributed by atoms with Gasteiger partial charge in [0, 0.05) is 31.6 Å². The summed E-state index contributed by atoms with van der Waals surface area (Å²) in [6.45, 7) is 0.859. The fourth-order valence-corrected chi connectivity index (χ4v) is 4.97. The molecule has 0 radical (unpaired) electrons. The number of amides is 2. The van der Waals surface area contributed by atoms with E-state index in [0.717, 1.165) is 36.9 Å². The van der Waals surface area contributed by atoms with E-state index < -0.39 is 12.0 Å². The highest BCUT2D eigenvalue weighted by atomic mass is 16.4. The number of carboxylic acids is 1. The number of para-hydroxylation sites is 1. The van der Waals surface area contributed by atoms with Gasteiger partial charge in [0.2, 0.25) is 11.8 Å². The van der Waals surface area contributed by atoms with Crippen LogP contribution in [0.3, 0.4) is 0 Å². The molecule has 1 N–H and O–H groups in total. The van der Waals surface area contributed by atoms with Gasteiger partial charge >= 0.3 is 5.97 Å². The van der Waals surface area contributed by atoms with Gasteiger partial charge in [-0.3, -0.25) is 9.59 Å². The van der Waals surface area contributed by atoms with E-state index in [4.69, 9.17) is 0 Å². The van der Waals surface area contributed by atoms with E-state index in [1.54, 1.807) is 9.80 Å². The molecule has 2 amide bonds. The van der Waals surface area contributed by atoms with Crippen molar-refractivity contribution in [3.8, 4) is 0 Å². The second-order valence-corrected chi connectivity index (χ2v) is 7.61. The summed E-state index contributed by atoms with van der Waals surface area (Å²) in [5, 5.41) is 9.61. The molecule has 1 aromatic rings. The van der Waals surface area contributed by atoms with Gasteiger partial charge in [-0.1, -0.05) is 24.6 Å². The third-order valence-electron chi connectivity index (χ3n) is 6.20. The summed E-state index contributed by atoms with van der Waals surface area (Å²) in [5.41, 5.74) is 2.00. The maximum absolute atomic E-state index is 12.8. The Hall–Kier alpha value is -2.37. The number of aliphatic carboxylic acids is 1. The molecule has 26 heavy (non-hydrogen) atoms. The van der Waals surface area contributed by atoms with Crippen LogP contribution in [0.15, 0.2) is 24.3 Å². The summed E-state index contributed by atoms with van der Waals surface area (Å²) in [5.74, 6) is -0.606. The zero-order chi connectivity index (χ0) is 18.3. The molecule has 1 saturated carbocycles. The van der Waals surface area contributed by atoms with E-state index >= 15 is 0 Å². The molecule has 2 heterocycles. The number of hydrogen-bond donors (Lipinski definition) is 1. The van der Waals surface area contributed by atoms with Crippen molar-refractivity contribution in [3.05, 3.63) is 29.8 Å². The third kappa shape index (κ3) is 2.87. The number of carbonyl (C=O) groups excluding carboxylic acids is 2. The molecule has 3 unspecified atom stereocenters. The second-order valence-electron chi connectivity index (χ2n) is 7.61. The minimum atomic E-state index is -0.896. The molecule has 138 valence electrons. The molecule has 3 atom stereocenters. The first kappa shape index (κ1) is 17.1. The average Bonchev–Trinajstić information content (AvgIpc) is 3.21. The zero-order valence-electron chi connectivity index (χ0n) is 14.8. The van der Waals surface area contributed by atoms with E-state index in [1.807, 2.05) is 24.3 Å². The van der Waals surface area contributed by atoms with Gasteiger partial charge in [0.15, 0.2) is 0 Å². The normalized spacial score (nSPS) is 27.4. The lowest BCUT2D eigenvalue weighted by Gasteiger charge is -2.30. The Morgan fingerprint density at radius 1 is 1.15 bits per heavy atom. The van der Waals surface area contributed by atoms with E-state index in [0.29, 0.717) is 25.4 Å². The number of rotatable bonds is 4. The molecule has 1 aliphatic carbocycles. The highest BCUT2D eigenvalue weighted by Gasteiger charge is 2.49. The van der Waals surface area contributed by atoms with Crippen LogP contribution in [0.4, 0.5) is 5.69 Å². The molecule has 1 saturated heterocycles.